The van der Waals surface area contributed by atoms with Gasteiger partial charge in [0.2, 0.25) is 0 Å². The molecule has 12 heavy (non-hydrogen) atoms. The van der Waals surface area contributed by atoms with Crippen molar-refractivity contribution >= 4 is 6.29 Å². The maximum atomic E-state index is 10.4. The highest BCUT2D eigenvalue weighted by Gasteiger charge is 2.11. The molecule has 5 heteroatoms. The molecule has 1 atom stereocenters. The van der Waals surface area contributed by atoms with Gasteiger partial charge in [0.15, 0.2) is 6.29 Å². The van der Waals surface area contributed by atoms with E-state index in [2.05, 4.69) is 10.3 Å². The molecule has 0 bridgehead atoms. The van der Waals surface area contributed by atoms with Gasteiger partial charge in [-0.3, -0.25) is 4.79 Å². The fourth-order valence-corrected chi connectivity index (χ4v) is 0.958. The molecule has 1 aromatic rings. The summed E-state index contributed by atoms with van der Waals surface area (Å²) in [6.07, 6.45) is 0.656. The number of hydrogen-bond acceptors (Lipinski definition) is 4. The van der Waals surface area contributed by atoms with Crippen molar-refractivity contribution in [2.75, 3.05) is 6.61 Å². The van der Waals surface area contributed by atoms with Gasteiger partial charge in [0.1, 0.15) is 5.69 Å². The minimum absolute atomic E-state index is 0.0114. The predicted octanol–water partition coefficient (Wildman–Crippen LogP) is -0.0477. The molecule has 1 aromatic heterocycles. The zero-order valence-electron chi connectivity index (χ0n) is 7.06. The number of aliphatic hydroxyl groups is 1. The largest absolute Gasteiger partial charge is 0.394 e. The molecule has 0 saturated carbocycles. The first-order chi connectivity index (χ1) is 5.70. The molecule has 1 N–H and O–H groups in total. The van der Waals surface area contributed by atoms with Gasteiger partial charge in [-0.15, -0.1) is 5.10 Å². The molecule has 1 rings (SSSR count). The molecule has 0 radical (unpaired) electrons. The topological polar surface area (TPSA) is 68.0 Å². The van der Waals surface area contributed by atoms with E-state index < -0.39 is 0 Å². The molecule has 1 unspecified atom stereocenters. The summed E-state index contributed by atoms with van der Waals surface area (Å²) in [4.78, 5) is 10.4. The van der Waals surface area contributed by atoms with Gasteiger partial charge in [0.05, 0.1) is 18.3 Å². The minimum atomic E-state index is -0.133. The van der Waals surface area contributed by atoms with E-state index in [1.165, 1.54) is 4.68 Å². The minimum Gasteiger partial charge on any atom is -0.394 e. The number of rotatable bonds is 3. The summed E-state index contributed by atoms with van der Waals surface area (Å²) in [6, 6.07) is -0.133. The first-order valence-corrected chi connectivity index (χ1v) is 3.68. The molecule has 1 heterocycles. The van der Waals surface area contributed by atoms with Crippen molar-refractivity contribution < 1.29 is 9.90 Å². The van der Waals surface area contributed by atoms with Crippen molar-refractivity contribution in [1.82, 2.24) is 15.0 Å². The van der Waals surface area contributed by atoms with Crippen LogP contribution in [0, 0.1) is 6.92 Å². The summed E-state index contributed by atoms with van der Waals surface area (Å²) in [7, 11) is 0. The lowest BCUT2D eigenvalue weighted by molar-refractivity contribution is 0.111. The van der Waals surface area contributed by atoms with Crippen LogP contribution in [0.1, 0.15) is 29.1 Å². The van der Waals surface area contributed by atoms with Crippen LogP contribution < -0.4 is 0 Å². The van der Waals surface area contributed by atoms with Crippen LogP contribution in [0.3, 0.4) is 0 Å². The normalized spacial score (nSPS) is 12.9. The van der Waals surface area contributed by atoms with Crippen molar-refractivity contribution in [1.29, 1.82) is 0 Å². The number of hydrogen-bond donors (Lipinski definition) is 1. The van der Waals surface area contributed by atoms with Gasteiger partial charge >= 0.3 is 0 Å². The van der Waals surface area contributed by atoms with E-state index in [-0.39, 0.29) is 12.6 Å². The Bertz CT molecular complexity index is 282. The van der Waals surface area contributed by atoms with E-state index in [1.54, 1.807) is 13.8 Å². The second-order valence-corrected chi connectivity index (χ2v) is 2.65. The Morgan fingerprint density at radius 1 is 1.75 bits per heavy atom. The molecular formula is C7H11N3O2. The highest BCUT2D eigenvalue weighted by Crippen LogP contribution is 2.08. The summed E-state index contributed by atoms with van der Waals surface area (Å²) in [5.74, 6) is 0. The van der Waals surface area contributed by atoms with Gasteiger partial charge in [-0.2, -0.15) is 0 Å². The SMILES string of the molecule is Cc1c(C=O)nnn1C(C)CO. The molecule has 0 saturated heterocycles. The van der Waals surface area contributed by atoms with E-state index >= 15 is 0 Å². The number of carbonyl (C=O) groups excluding carboxylic acids is 1. The van der Waals surface area contributed by atoms with Gasteiger partial charge in [-0.25, -0.2) is 4.68 Å². The Hall–Kier alpha value is -1.23. The van der Waals surface area contributed by atoms with Crippen LogP contribution in [0.5, 0.6) is 0 Å². The van der Waals surface area contributed by atoms with Crippen molar-refractivity contribution in [3.05, 3.63) is 11.4 Å². The second kappa shape index (κ2) is 3.44. The van der Waals surface area contributed by atoms with Gasteiger partial charge in [-0.1, -0.05) is 5.21 Å². The van der Waals surface area contributed by atoms with Gasteiger partial charge in [0, 0.05) is 0 Å². The Balaban J connectivity index is 3.01. The number of aromatic nitrogens is 3. The zero-order chi connectivity index (χ0) is 9.14. The Kier molecular flexibility index (Phi) is 2.54. The van der Waals surface area contributed by atoms with Crippen LogP contribution in [0.15, 0.2) is 0 Å². The zero-order valence-corrected chi connectivity index (χ0v) is 7.06. The molecule has 0 spiro atoms. The first kappa shape index (κ1) is 8.86. The maximum Gasteiger partial charge on any atom is 0.172 e. The molecule has 0 amide bonds. The van der Waals surface area contributed by atoms with Crippen LogP contribution >= 0.6 is 0 Å². The third-order valence-corrected chi connectivity index (χ3v) is 1.76. The van der Waals surface area contributed by atoms with E-state index in [0.717, 1.165) is 0 Å². The number of nitrogens with zero attached hydrogens (tertiary/aromatic N) is 3. The lowest BCUT2D eigenvalue weighted by Crippen LogP contribution is -2.12. The molecule has 0 aliphatic rings. The third kappa shape index (κ3) is 1.35. The summed E-state index contributed by atoms with van der Waals surface area (Å²) < 4.78 is 1.53. The summed E-state index contributed by atoms with van der Waals surface area (Å²) >= 11 is 0. The second-order valence-electron chi connectivity index (χ2n) is 2.65. The summed E-state index contributed by atoms with van der Waals surface area (Å²) in [5.41, 5.74) is 1.02. The lowest BCUT2D eigenvalue weighted by Gasteiger charge is -2.08. The van der Waals surface area contributed by atoms with Crippen LogP contribution in [0.2, 0.25) is 0 Å². The van der Waals surface area contributed by atoms with Gasteiger partial charge in [0.25, 0.3) is 0 Å². The van der Waals surface area contributed by atoms with Crippen LogP contribution in [0.25, 0.3) is 0 Å². The maximum absolute atomic E-state index is 10.4. The van der Waals surface area contributed by atoms with Crippen molar-refractivity contribution in [2.45, 2.75) is 19.9 Å². The van der Waals surface area contributed by atoms with E-state index in [9.17, 15) is 4.79 Å². The average Bonchev–Trinajstić information content (AvgIpc) is 2.45. The number of aldehydes is 1. The highest BCUT2D eigenvalue weighted by atomic mass is 16.3. The molecule has 0 fully saturated rings. The van der Waals surface area contributed by atoms with Crippen LogP contribution in [-0.2, 0) is 0 Å². The van der Waals surface area contributed by atoms with E-state index in [1.807, 2.05) is 0 Å². The molecule has 0 aliphatic heterocycles. The first-order valence-electron chi connectivity index (χ1n) is 3.68. The van der Waals surface area contributed by atoms with Crippen LogP contribution in [0.4, 0.5) is 0 Å². The third-order valence-electron chi connectivity index (χ3n) is 1.76. The van der Waals surface area contributed by atoms with E-state index in [4.69, 9.17) is 5.11 Å². The fraction of sp³-hybridized carbons (Fsp3) is 0.571. The van der Waals surface area contributed by atoms with Crippen molar-refractivity contribution in [3.8, 4) is 0 Å². The fourth-order valence-electron chi connectivity index (χ4n) is 0.958. The molecule has 0 aromatic carbocycles. The van der Waals surface area contributed by atoms with Gasteiger partial charge in [-0.05, 0) is 13.8 Å². The van der Waals surface area contributed by atoms with Crippen molar-refractivity contribution in [2.24, 2.45) is 0 Å². The smallest absolute Gasteiger partial charge is 0.172 e. The van der Waals surface area contributed by atoms with Crippen molar-refractivity contribution in [3.63, 3.8) is 0 Å². The quantitative estimate of drug-likeness (QED) is 0.644. The standard InChI is InChI=1S/C7H11N3O2/c1-5(3-11)10-6(2)7(4-12)8-9-10/h4-5,11H,3H2,1-2H3. The monoisotopic (exact) mass is 169 g/mol. The number of carbonyl (C=O) groups is 1. The van der Waals surface area contributed by atoms with Gasteiger partial charge < -0.3 is 5.11 Å². The lowest BCUT2D eigenvalue weighted by atomic mass is 10.3. The van der Waals surface area contributed by atoms with Crippen LogP contribution in [-0.4, -0.2) is 33.0 Å². The Morgan fingerprint density at radius 3 is 2.83 bits per heavy atom. The summed E-state index contributed by atoms with van der Waals surface area (Å²) in [5, 5.41) is 16.2. The summed E-state index contributed by atoms with van der Waals surface area (Å²) in [6.45, 7) is 3.54. The molecule has 0 aliphatic carbocycles. The average molecular weight is 169 g/mol. The molecule has 66 valence electrons. The Labute approximate surface area is 70.0 Å². The number of aliphatic hydroxyl groups excluding tert-OH is 1. The molecular weight excluding hydrogens is 158 g/mol. The Morgan fingerprint density at radius 2 is 2.42 bits per heavy atom. The highest BCUT2D eigenvalue weighted by molar-refractivity contribution is 5.72. The molecule has 5 nitrogen and oxygen atoms in total. The predicted molar refractivity (Wildman–Crippen MR) is 41.9 cm³/mol. The van der Waals surface area contributed by atoms with E-state index in [0.29, 0.717) is 17.7 Å².